The molecule has 36 heavy (non-hydrogen) atoms. The maximum Gasteiger partial charge on any atom is 0.416 e. The average Bonchev–Trinajstić information content (AvgIpc) is 2.82. The number of hydrogen-bond acceptors (Lipinski definition) is 5. The molecule has 1 aromatic heterocycles. The quantitative estimate of drug-likeness (QED) is 0.350. The van der Waals surface area contributed by atoms with Gasteiger partial charge in [0.15, 0.2) is 5.82 Å². The molecule has 1 heterocycles. The molecular weight excluding hydrogens is 495 g/mol. The van der Waals surface area contributed by atoms with Crippen molar-refractivity contribution >= 4 is 33.2 Å². The number of nitrogen functional groups attached to an aromatic ring is 1. The fourth-order valence-corrected chi connectivity index (χ4v) is 3.95. The largest absolute Gasteiger partial charge is 0.416 e. The highest BCUT2D eigenvalue weighted by Crippen LogP contribution is 2.33. The van der Waals surface area contributed by atoms with E-state index in [1.807, 2.05) is 6.92 Å². The third kappa shape index (κ3) is 6.73. The van der Waals surface area contributed by atoms with E-state index in [0.29, 0.717) is 12.1 Å². The zero-order chi connectivity index (χ0) is 26.5. The number of alkyl halides is 3. The molecule has 0 fully saturated rings. The van der Waals surface area contributed by atoms with E-state index < -0.39 is 27.8 Å². The predicted molar refractivity (Wildman–Crippen MR) is 133 cm³/mol. The highest BCUT2D eigenvalue weighted by molar-refractivity contribution is 7.89. The number of hydrogen-bond donors (Lipinski definition) is 3. The molecule has 12 heteroatoms. The van der Waals surface area contributed by atoms with Crippen LogP contribution >= 0.6 is 0 Å². The van der Waals surface area contributed by atoms with E-state index in [0.717, 1.165) is 25.0 Å². The fourth-order valence-electron chi connectivity index (χ4n) is 3.43. The smallest absolute Gasteiger partial charge is 0.396 e. The van der Waals surface area contributed by atoms with E-state index >= 15 is 0 Å². The van der Waals surface area contributed by atoms with Gasteiger partial charge in [-0.05, 0) is 55.0 Å². The zero-order valence-corrected chi connectivity index (χ0v) is 20.2. The Labute approximate surface area is 207 Å². The number of benzene rings is 2. The van der Waals surface area contributed by atoms with E-state index in [2.05, 4.69) is 10.3 Å². The van der Waals surface area contributed by atoms with E-state index in [-0.39, 0.29) is 34.2 Å². The van der Waals surface area contributed by atoms with Crippen molar-refractivity contribution < 1.29 is 26.4 Å². The lowest BCUT2D eigenvalue weighted by Gasteiger charge is -2.24. The van der Waals surface area contributed by atoms with Gasteiger partial charge >= 0.3 is 12.2 Å². The molecule has 2 amide bonds. The lowest BCUT2D eigenvalue weighted by Crippen LogP contribution is -2.37. The molecule has 192 valence electrons. The maximum absolute atomic E-state index is 13.2. The number of nitrogens with zero attached hydrogens (tertiary/aromatic N) is 2. The highest BCUT2D eigenvalue weighted by Gasteiger charge is 2.30. The van der Waals surface area contributed by atoms with Gasteiger partial charge in [0, 0.05) is 17.8 Å². The Bertz CT molecular complexity index is 1330. The molecule has 2 aromatic carbocycles. The number of nitrogens with two attached hydrogens (primary N) is 2. The van der Waals surface area contributed by atoms with Gasteiger partial charge in [0.05, 0.1) is 21.8 Å². The summed E-state index contributed by atoms with van der Waals surface area (Å²) in [6, 6.07) is 12.4. The molecule has 0 aliphatic rings. The summed E-state index contributed by atoms with van der Waals surface area (Å²) in [5.74, 6) is 0.0969. The number of sulfonamides is 1. The Balaban J connectivity index is 1.95. The van der Waals surface area contributed by atoms with E-state index in [4.69, 9.17) is 10.9 Å². The molecule has 5 N–H and O–H groups in total. The van der Waals surface area contributed by atoms with Gasteiger partial charge in [0.25, 0.3) is 0 Å². The van der Waals surface area contributed by atoms with Crippen molar-refractivity contribution in [3.63, 3.8) is 0 Å². The summed E-state index contributed by atoms with van der Waals surface area (Å²) in [7, 11) is -3.89. The van der Waals surface area contributed by atoms with E-state index in [1.54, 1.807) is 0 Å². The van der Waals surface area contributed by atoms with Crippen molar-refractivity contribution in [2.45, 2.75) is 37.3 Å². The van der Waals surface area contributed by atoms with Crippen LogP contribution in [-0.4, -0.2) is 26.0 Å². The van der Waals surface area contributed by atoms with Gasteiger partial charge in [-0.2, -0.15) is 13.2 Å². The molecule has 0 bridgehead atoms. The Kier molecular flexibility index (Phi) is 8.21. The summed E-state index contributed by atoms with van der Waals surface area (Å²) < 4.78 is 62.5. The van der Waals surface area contributed by atoms with Gasteiger partial charge in [-0.25, -0.2) is 23.3 Å². The Morgan fingerprint density at radius 1 is 1.06 bits per heavy atom. The van der Waals surface area contributed by atoms with Crippen molar-refractivity contribution in [3.05, 3.63) is 66.2 Å². The summed E-state index contributed by atoms with van der Waals surface area (Å²) in [4.78, 5) is 18.8. The van der Waals surface area contributed by atoms with Crippen LogP contribution in [0.3, 0.4) is 0 Å². The first-order valence-electron chi connectivity index (χ1n) is 11.1. The first-order valence-corrected chi connectivity index (χ1v) is 12.6. The van der Waals surface area contributed by atoms with Gasteiger partial charge in [-0.15, -0.1) is 0 Å². The number of unbranched alkanes of at least 4 members (excludes halogenated alkanes) is 2. The van der Waals surface area contributed by atoms with Crippen molar-refractivity contribution in [1.29, 1.82) is 0 Å². The van der Waals surface area contributed by atoms with Crippen LogP contribution in [0.25, 0.3) is 11.3 Å². The maximum atomic E-state index is 13.2. The number of primary sulfonamides is 1. The summed E-state index contributed by atoms with van der Waals surface area (Å²) in [5, 5.41) is 7.77. The molecule has 3 rings (SSSR count). The number of amides is 2. The molecule has 0 saturated carbocycles. The minimum absolute atomic E-state index is 0.0969. The molecule has 0 unspecified atom stereocenters. The number of aromatic nitrogens is 1. The molecule has 0 aliphatic carbocycles. The van der Waals surface area contributed by atoms with Crippen LogP contribution in [0, 0.1) is 0 Å². The third-order valence-corrected chi connectivity index (χ3v) is 6.24. The molecule has 8 nitrogen and oxygen atoms in total. The first-order chi connectivity index (χ1) is 16.9. The summed E-state index contributed by atoms with van der Waals surface area (Å²) >= 11 is 0. The summed E-state index contributed by atoms with van der Waals surface area (Å²) in [6.45, 7) is 2.25. The Hall–Kier alpha value is -3.64. The Morgan fingerprint density at radius 3 is 2.36 bits per heavy atom. The average molecular weight is 522 g/mol. The molecule has 3 aromatic rings. The van der Waals surface area contributed by atoms with Crippen molar-refractivity contribution in [3.8, 4) is 11.3 Å². The van der Waals surface area contributed by atoms with Crippen LogP contribution in [0.4, 0.5) is 35.2 Å². The minimum Gasteiger partial charge on any atom is -0.396 e. The number of rotatable bonds is 8. The van der Waals surface area contributed by atoms with Crippen molar-refractivity contribution in [1.82, 2.24) is 4.98 Å². The fraction of sp³-hybridized carbons (Fsp3) is 0.250. The molecule has 0 atom stereocenters. The summed E-state index contributed by atoms with van der Waals surface area (Å²) in [5.41, 5.74) is 6.22. The van der Waals surface area contributed by atoms with Gasteiger partial charge in [0.1, 0.15) is 0 Å². The minimum atomic E-state index is -4.52. The van der Waals surface area contributed by atoms with Crippen LogP contribution in [0.15, 0.2) is 65.6 Å². The van der Waals surface area contributed by atoms with Crippen LogP contribution < -0.4 is 21.1 Å². The summed E-state index contributed by atoms with van der Waals surface area (Å²) in [6.07, 6.45) is -2.18. The predicted octanol–water partition coefficient (Wildman–Crippen LogP) is 5.23. The van der Waals surface area contributed by atoms with Gasteiger partial charge in [0.2, 0.25) is 10.0 Å². The number of nitrogens with one attached hydrogen (secondary N) is 1. The van der Waals surface area contributed by atoms with E-state index in [1.165, 1.54) is 53.4 Å². The number of urea groups is 1. The zero-order valence-electron chi connectivity index (χ0n) is 19.4. The van der Waals surface area contributed by atoms with Gasteiger partial charge < -0.3 is 11.1 Å². The number of pyridine rings is 1. The molecule has 0 spiro atoms. The monoisotopic (exact) mass is 521 g/mol. The van der Waals surface area contributed by atoms with Crippen LogP contribution in [0.2, 0.25) is 0 Å². The number of carbonyl (C=O) groups excluding carboxylic acids is 1. The highest BCUT2D eigenvalue weighted by atomic mass is 32.2. The number of halogens is 3. The molecule has 0 aliphatic heterocycles. The number of carbonyl (C=O) groups is 1. The standard InChI is InChI=1S/C24H26F3N5O3S/c1-2-3-4-14-32(23(33)30-18-8-10-19(11-9-18)36(29,34)35)22-20(28)12-13-21(31-22)16-6-5-7-17(15-16)24(25,26)27/h5-13,15H,2-4,14,28H2,1H3,(H,30,33)(H2,29,34,35). The number of anilines is 3. The normalized spacial score (nSPS) is 11.8. The second-order valence-corrected chi connectivity index (χ2v) is 9.61. The second-order valence-electron chi connectivity index (χ2n) is 8.05. The van der Waals surface area contributed by atoms with Crippen molar-refractivity contribution in [2.75, 3.05) is 22.5 Å². The lowest BCUT2D eigenvalue weighted by molar-refractivity contribution is -0.137. The Morgan fingerprint density at radius 2 is 1.75 bits per heavy atom. The SMILES string of the molecule is CCCCCN(C(=O)Nc1ccc(S(N)(=O)=O)cc1)c1nc(-c2cccc(C(F)(F)F)c2)ccc1N. The molecular formula is C24H26F3N5O3S. The van der Waals surface area contributed by atoms with Gasteiger partial charge in [-0.3, -0.25) is 4.90 Å². The topological polar surface area (TPSA) is 131 Å². The second kappa shape index (κ2) is 11.0. The molecule has 0 saturated heterocycles. The van der Waals surface area contributed by atoms with E-state index in [9.17, 15) is 26.4 Å². The lowest BCUT2D eigenvalue weighted by atomic mass is 10.1. The van der Waals surface area contributed by atoms with Crippen LogP contribution in [0.5, 0.6) is 0 Å². The van der Waals surface area contributed by atoms with Crippen LogP contribution in [-0.2, 0) is 16.2 Å². The first kappa shape index (κ1) is 27.0. The third-order valence-electron chi connectivity index (χ3n) is 5.31. The van der Waals surface area contributed by atoms with Crippen LogP contribution in [0.1, 0.15) is 31.7 Å². The van der Waals surface area contributed by atoms with Gasteiger partial charge in [-0.1, -0.05) is 31.9 Å². The molecule has 0 radical (unpaired) electrons. The van der Waals surface area contributed by atoms with Crippen molar-refractivity contribution in [2.24, 2.45) is 5.14 Å².